The summed E-state index contributed by atoms with van der Waals surface area (Å²) in [6.45, 7) is 0. The third kappa shape index (κ3) is 5.08. The quantitative estimate of drug-likeness (QED) is 0.123. The minimum absolute atomic E-state index is 1.13. The Morgan fingerprint density at radius 2 is 0.467 bits per heavy atom. The van der Waals surface area contributed by atoms with E-state index in [1.54, 1.807) is 0 Å². The maximum atomic E-state index is 2.40. The summed E-state index contributed by atoms with van der Waals surface area (Å²) in [6.07, 6.45) is 0. The molecule has 0 saturated carbocycles. The predicted octanol–water partition coefficient (Wildman–Crippen LogP) is 16.7. The van der Waals surface area contributed by atoms with Crippen LogP contribution in [0.5, 0.6) is 0 Å². The van der Waals surface area contributed by atoms with Crippen LogP contribution in [-0.2, 0) is 0 Å². The van der Waals surface area contributed by atoms with Gasteiger partial charge < -0.3 is 9.80 Å². The van der Waals surface area contributed by atoms with Gasteiger partial charge in [0.05, 0.1) is 0 Å². The van der Waals surface area contributed by atoms with Crippen LogP contribution in [0, 0.1) is 0 Å². The molecule has 0 spiro atoms. The zero-order valence-electron chi connectivity index (χ0n) is 32.7. The van der Waals surface area contributed by atoms with E-state index in [2.05, 4.69) is 228 Å². The van der Waals surface area contributed by atoms with E-state index in [-0.39, 0.29) is 0 Å². The van der Waals surface area contributed by atoms with Crippen molar-refractivity contribution in [1.82, 2.24) is 0 Å². The zero-order valence-corrected chi connectivity index (χ0v) is 32.7. The van der Waals surface area contributed by atoms with E-state index in [0.717, 1.165) is 34.1 Å². The van der Waals surface area contributed by atoms with Gasteiger partial charge in [0.1, 0.15) is 0 Å². The minimum atomic E-state index is 1.13. The fourth-order valence-electron chi connectivity index (χ4n) is 10.0. The molecule has 0 aliphatic heterocycles. The number of hydrogen-bond acceptors (Lipinski definition) is 2. The van der Waals surface area contributed by atoms with Crippen molar-refractivity contribution < 1.29 is 0 Å². The topological polar surface area (TPSA) is 6.48 Å². The second-order valence-corrected chi connectivity index (χ2v) is 16.2. The average Bonchev–Trinajstić information content (AvgIpc) is 3.30. The minimum Gasteiger partial charge on any atom is -0.310 e. The molecule has 0 atom stereocenters. The molecule has 13 aromatic carbocycles. The van der Waals surface area contributed by atoms with Crippen molar-refractivity contribution in [1.29, 1.82) is 0 Å². The summed E-state index contributed by atoms with van der Waals surface area (Å²) in [6, 6.07) is 80.8. The molecule has 0 bridgehead atoms. The van der Waals surface area contributed by atoms with Crippen LogP contribution in [0.2, 0.25) is 0 Å². The molecule has 2 nitrogen and oxygen atoms in total. The highest BCUT2D eigenvalue weighted by atomic mass is 15.1. The number of benzene rings is 13. The van der Waals surface area contributed by atoms with Gasteiger partial charge in [-0.25, -0.2) is 0 Å². The predicted molar refractivity (Wildman–Crippen MR) is 258 cm³/mol. The molecule has 13 rings (SSSR count). The van der Waals surface area contributed by atoms with Gasteiger partial charge in [-0.3, -0.25) is 0 Å². The number of nitrogens with zero attached hydrogens (tertiary/aromatic N) is 2. The molecule has 2 heteroatoms. The highest BCUT2D eigenvalue weighted by Gasteiger charge is 2.19. The van der Waals surface area contributed by atoms with Crippen LogP contribution in [0.4, 0.5) is 34.1 Å². The first-order valence-electron chi connectivity index (χ1n) is 20.7. The molecule has 0 heterocycles. The Morgan fingerprint density at radius 1 is 0.167 bits per heavy atom. The smallest absolute Gasteiger partial charge is 0.0473 e. The largest absolute Gasteiger partial charge is 0.310 e. The summed E-state index contributed by atoms with van der Waals surface area (Å²) in [7, 11) is 0. The van der Waals surface area contributed by atoms with Crippen molar-refractivity contribution in [2.45, 2.75) is 0 Å². The molecule has 0 unspecified atom stereocenters. The lowest BCUT2D eigenvalue weighted by molar-refractivity contribution is 1.30. The van der Waals surface area contributed by atoms with Gasteiger partial charge in [0.25, 0.3) is 0 Å². The van der Waals surface area contributed by atoms with Gasteiger partial charge in [0.2, 0.25) is 0 Å². The summed E-state index contributed by atoms with van der Waals surface area (Å²) in [5, 5.41) is 20.3. The first-order valence-corrected chi connectivity index (χ1v) is 20.7. The van der Waals surface area contributed by atoms with E-state index in [9.17, 15) is 0 Å². The first kappa shape index (κ1) is 33.1. The van der Waals surface area contributed by atoms with Gasteiger partial charge in [-0.1, -0.05) is 133 Å². The van der Waals surface area contributed by atoms with Gasteiger partial charge >= 0.3 is 0 Å². The number of hydrogen-bond donors (Lipinski definition) is 0. The van der Waals surface area contributed by atoms with Crippen LogP contribution in [0.3, 0.4) is 0 Å². The van der Waals surface area contributed by atoms with Gasteiger partial charge in [0.15, 0.2) is 0 Å². The first-order chi connectivity index (χ1) is 29.7. The fourth-order valence-corrected chi connectivity index (χ4v) is 10.0. The lowest BCUT2D eigenvalue weighted by Gasteiger charge is -2.27. The third-order valence-corrected chi connectivity index (χ3v) is 12.7. The van der Waals surface area contributed by atoms with Crippen molar-refractivity contribution in [3.05, 3.63) is 218 Å². The van der Waals surface area contributed by atoms with Crippen molar-refractivity contribution in [3.8, 4) is 0 Å². The Bertz CT molecular complexity index is 3400. The summed E-state index contributed by atoms with van der Waals surface area (Å²) in [4.78, 5) is 4.79. The lowest BCUT2D eigenvalue weighted by atomic mass is 9.93. The summed E-state index contributed by atoms with van der Waals surface area (Å²) in [5.41, 5.74) is 6.80. The molecule has 278 valence electrons. The number of fused-ring (bicyclic) bond motifs is 2. The van der Waals surface area contributed by atoms with E-state index in [1.165, 1.54) is 86.2 Å². The Labute approximate surface area is 347 Å². The van der Waals surface area contributed by atoms with Crippen LogP contribution in [0.15, 0.2) is 218 Å². The third-order valence-electron chi connectivity index (χ3n) is 12.7. The second-order valence-electron chi connectivity index (χ2n) is 16.2. The van der Waals surface area contributed by atoms with Crippen molar-refractivity contribution in [2.24, 2.45) is 0 Å². The lowest BCUT2D eigenvalue weighted by Crippen LogP contribution is -2.10. The molecular weight excluding hydrogens is 725 g/mol. The molecule has 0 radical (unpaired) electrons. The van der Waals surface area contributed by atoms with Crippen LogP contribution in [-0.4, -0.2) is 0 Å². The Hall–Kier alpha value is -7.94. The van der Waals surface area contributed by atoms with Crippen LogP contribution in [0.25, 0.3) is 86.2 Å². The van der Waals surface area contributed by atoms with Crippen molar-refractivity contribution >= 4 is 120 Å². The van der Waals surface area contributed by atoms with Gasteiger partial charge in [0, 0.05) is 34.1 Å². The fraction of sp³-hybridized carbons (Fsp3) is 0. The van der Waals surface area contributed by atoms with E-state index < -0.39 is 0 Å². The van der Waals surface area contributed by atoms with Crippen LogP contribution >= 0.6 is 0 Å². The Balaban J connectivity index is 0.937. The Kier molecular flexibility index (Phi) is 7.05. The Morgan fingerprint density at radius 3 is 0.833 bits per heavy atom. The van der Waals surface area contributed by atoms with Crippen molar-refractivity contribution in [2.75, 3.05) is 9.80 Å². The van der Waals surface area contributed by atoms with E-state index in [4.69, 9.17) is 0 Å². The molecule has 0 aliphatic rings. The van der Waals surface area contributed by atoms with E-state index >= 15 is 0 Å². The molecule has 0 N–H and O–H groups in total. The van der Waals surface area contributed by atoms with E-state index in [0.29, 0.717) is 0 Å². The molecule has 0 aliphatic carbocycles. The van der Waals surface area contributed by atoms with Gasteiger partial charge in [-0.15, -0.1) is 0 Å². The van der Waals surface area contributed by atoms with Crippen LogP contribution < -0.4 is 9.80 Å². The maximum Gasteiger partial charge on any atom is 0.0473 e. The highest BCUT2D eigenvalue weighted by molar-refractivity contribution is 6.25. The summed E-state index contributed by atoms with van der Waals surface area (Å²) >= 11 is 0. The second kappa shape index (κ2) is 12.8. The average molecular weight is 761 g/mol. The van der Waals surface area contributed by atoms with Gasteiger partial charge in [-0.05, 0) is 171 Å². The number of para-hydroxylation sites is 2. The van der Waals surface area contributed by atoms with Gasteiger partial charge in [-0.2, -0.15) is 0 Å². The molecule has 13 aromatic rings. The normalized spacial score (nSPS) is 12.0. The number of rotatable bonds is 6. The van der Waals surface area contributed by atoms with Crippen molar-refractivity contribution in [3.63, 3.8) is 0 Å². The molecule has 60 heavy (non-hydrogen) atoms. The zero-order chi connectivity index (χ0) is 39.3. The highest BCUT2D eigenvalue weighted by Crippen LogP contribution is 2.44. The van der Waals surface area contributed by atoms with Crippen LogP contribution in [0.1, 0.15) is 0 Å². The number of anilines is 6. The SMILES string of the molecule is c1ccc(N(c2ccc3cc4cc(N(c5ccccc5)c5cc6ccc7cccc8ccc(c5)c6c78)ccc4cc3c2)c2cc3ccc4cccc5ccc(c2)c3c45)cc1. The molecule has 0 aromatic heterocycles. The molecule has 0 fully saturated rings. The summed E-state index contributed by atoms with van der Waals surface area (Å²) in [5.74, 6) is 0. The summed E-state index contributed by atoms with van der Waals surface area (Å²) < 4.78 is 0. The monoisotopic (exact) mass is 760 g/mol. The maximum absolute atomic E-state index is 2.40. The molecule has 0 saturated heterocycles. The molecular formula is C58H36N2. The standard InChI is InChI=1S/C58H36N2/c1-3-13-49(14-4-1)59(53-31-43-21-17-37-9-7-10-38-18-22-44(32-53)57(43)55(37)38)51-27-25-41-30-48-36-52(28-26-42(48)29-47(41)35-51)60(50-15-5-2-6-16-50)54-33-45-23-19-39-11-8-12-40-20-24-46(34-54)58(45)56(39)40/h1-36H. The van der Waals surface area contributed by atoms with E-state index in [1.807, 2.05) is 0 Å². The molecule has 0 amide bonds.